The number of benzene rings is 2. The van der Waals surface area contributed by atoms with Crippen molar-refractivity contribution in [2.75, 3.05) is 26.3 Å². The van der Waals surface area contributed by atoms with E-state index in [9.17, 15) is 9.90 Å². The lowest BCUT2D eigenvalue weighted by atomic mass is 9.97. The van der Waals surface area contributed by atoms with Crippen LogP contribution in [0.1, 0.15) is 54.5 Å². The van der Waals surface area contributed by atoms with Gasteiger partial charge in [-0.25, -0.2) is 0 Å². The second-order valence-electron chi connectivity index (χ2n) is 9.36. The van der Waals surface area contributed by atoms with Crippen molar-refractivity contribution >= 4 is 29.2 Å². The maximum absolute atomic E-state index is 11.1. The molecule has 0 aromatic heterocycles. The van der Waals surface area contributed by atoms with Crippen molar-refractivity contribution < 1.29 is 19.7 Å². The van der Waals surface area contributed by atoms with Gasteiger partial charge in [0.1, 0.15) is 0 Å². The van der Waals surface area contributed by atoms with E-state index in [0.717, 1.165) is 49.0 Å². The predicted molar refractivity (Wildman–Crippen MR) is 137 cm³/mol. The molecule has 1 saturated heterocycles. The van der Waals surface area contributed by atoms with Gasteiger partial charge >= 0.3 is 5.97 Å². The largest absolute Gasteiger partial charge is 0.481 e. The van der Waals surface area contributed by atoms with Crippen LogP contribution in [0.5, 0.6) is 0 Å². The molecular weight excluding hydrogens is 473 g/mol. The lowest BCUT2D eigenvalue weighted by molar-refractivity contribution is -0.136. The molecule has 0 bridgehead atoms. The van der Waals surface area contributed by atoms with E-state index in [0.29, 0.717) is 29.1 Å². The third-order valence-corrected chi connectivity index (χ3v) is 7.37. The number of aliphatic hydroxyl groups excluding tert-OH is 1. The summed E-state index contributed by atoms with van der Waals surface area (Å²) in [7, 11) is 0. The van der Waals surface area contributed by atoms with Crippen LogP contribution < -0.4 is 0 Å². The summed E-state index contributed by atoms with van der Waals surface area (Å²) in [4.78, 5) is 13.5. The Morgan fingerprint density at radius 1 is 1.21 bits per heavy atom. The molecule has 1 heterocycles. The fourth-order valence-corrected chi connectivity index (χ4v) is 5.08. The lowest BCUT2D eigenvalue weighted by Gasteiger charge is -2.29. The molecule has 186 valence electrons. The van der Waals surface area contributed by atoms with Gasteiger partial charge in [0, 0.05) is 31.5 Å². The van der Waals surface area contributed by atoms with E-state index in [4.69, 9.17) is 33.0 Å². The molecule has 0 aliphatic carbocycles. The molecular formula is C27H35Cl2NO4. The van der Waals surface area contributed by atoms with Crippen LogP contribution in [0.15, 0.2) is 36.4 Å². The van der Waals surface area contributed by atoms with Gasteiger partial charge in [-0.05, 0) is 74.9 Å². The number of nitrogens with zero attached hydrogens (tertiary/aromatic N) is 1. The molecule has 0 amide bonds. The first-order valence-corrected chi connectivity index (χ1v) is 12.7. The summed E-state index contributed by atoms with van der Waals surface area (Å²) in [6, 6.07) is 12.3. The van der Waals surface area contributed by atoms with Crippen LogP contribution in [0, 0.1) is 12.8 Å². The van der Waals surface area contributed by atoms with Crippen LogP contribution in [0.25, 0.3) is 0 Å². The number of rotatable bonds is 12. The first-order chi connectivity index (χ1) is 16.3. The first kappa shape index (κ1) is 27.0. The SMILES string of the molecule is Cc1ccc([C@@H](C)OCC(CO)CN2CCCC2Cc2ccc(Cl)c(Cl)c2)c(CCC(=O)O)c1. The van der Waals surface area contributed by atoms with Gasteiger partial charge in [-0.2, -0.15) is 0 Å². The summed E-state index contributed by atoms with van der Waals surface area (Å²) >= 11 is 12.3. The first-order valence-electron chi connectivity index (χ1n) is 12.0. The lowest BCUT2D eigenvalue weighted by Crippen LogP contribution is -2.38. The Morgan fingerprint density at radius 2 is 2.00 bits per heavy atom. The van der Waals surface area contributed by atoms with Gasteiger partial charge in [-0.1, -0.05) is 53.0 Å². The molecule has 7 heteroatoms. The zero-order valence-electron chi connectivity index (χ0n) is 20.0. The molecule has 0 spiro atoms. The van der Waals surface area contributed by atoms with Crippen LogP contribution in [-0.2, 0) is 22.4 Å². The maximum atomic E-state index is 11.1. The molecule has 2 unspecified atom stereocenters. The predicted octanol–water partition coefficient (Wildman–Crippen LogP) is 5.71. The quantitative estimate of drug-likeness (QED) is 0.384. The third-order valence-electron chi connectivity index (χ3n) is 6.63. The van der Waals surface area contributed by atoms with E-state index in [1.165, 1.54) is 5.56 Å². The second-order valence-corrected chi connectivity index (χ2v) is 10.2. The fraction of sp³-hybridized carbons (Fsp3) is 0.519. The Labute approximate surface area is 212 Å². The Bertz CT molecular complexity index is 968. The number of hydrogen-bond acceptors (Lipinski definition) is 4. The highest BCUT2D eigenvalue weighted by Gasteiger charge is 2.27. The number of likely N-dealkylation sites (tertiary alicyclic amines) is 1. The van der Waals surface area contributed by atoms with Gasteiger partial charge in [0.15, 0.2) is 0 Å². The number of aryl methyl sites for hydroxylation is 2. The Morgan fingerprint density at radius 3 is 2.71 bits per heavy atom. The number of aliphatic carboxylic acids is 1. The molecule has 2 aromatic rings. The highest BCUT2D eigenvalue weighted by molar-refractivity contribution is 6.42. The van der Waals surface area contributed by atoms with Crippen LogP contribution in [0.3, 0.4) is 0 Å². The average Bonchev–Trinajstić information content (AvgIpc) is 3.23. The van der Waals surface area contributed by atoms with Crippen molar-refractivity contribution in [2.45, 2.75) is 58.1 Å². The molecule has 34 heavy (non-hydrogen) atoms. The van der Waals surface area contributed by atoms with E-state index in [-0.39, 0.29) is 25.0 Å². The summed E-state index contributed by atoms with van der Waals surface area (Å²) in [5, 5.41) is 20.3. The monoisotopic (exact) mass is 507 g/mol. The standard InChI is InChI=1S/C27H35Cl2NO4/c1-18-5-8-24(22(12-18)7-10-27(32)33)19(2)34-17-21(16-31)15-30-11-3-4-23(30)13-20-6-9-25(28)26(29)14-20/h5-6,8-9,12,14,19,21,23,31H,3-4,7,10-11,13,15-17H2,1-2H3,(H,32,33)/t19-,21?,23?/m1/s1. The minimum atomic E-state index is -0.803. The number of carboxylic acid groups (broad SMARTS) is 1. The molecule has 1 fully saturated rings. The minimum Gasteiger partial charge on any atom is -0.481 e. The summed E-state index contributed by atoms with van der Waals surface area (Å²) in [6.07, 6.45) is 3.56. The summed E-state index contributed by atoms with van der Waals surface area (Å²) in [5.41, 5.74) is 4.30. The normalized spacial score (nSPS) is 18.2. The fourth-order valence-electron chi connectivity index (χ4n) is 4.76. The van der Waals surface area contributed by atoms with Gasteiger partial charge in [0.2, 0.25) is 0 Å². The Hall–Kier alpha value is -1.63. The molecule has 3 rings (SSSR count). The molecule has 3 atom stereocenters. The zero-order chi connectivity index (χ0) is 24.7. The van der Waals surface area contributed by atoms with Gasteiger partial charge in [-0.15, -0.1) is 0 Å². The van der Waals surface area contributed by atoms with Crippen LogP contribution in [0.4, 0.5) is 0 Å². The molecule has 1 aliphatic heterocycles. The van der Waals surface area contributed by atoms with Crippen molar-refractivity contribution in [1.82, 2.24) is 4.90 Å². The van der Waals surface area contributed by atoms with E-state index in [1.807, 2.05) is 50.2 Å². The van der Waals surface area contributed by atoms with Crippen molar-refractivity contribution in [3.8, 4) is 0 Å². The number of carbonyl (C=O) groups is 1. The van der Waals surface area contributed by atoms with Crippen LogP contribution in [0.2, 0.25) is 10.0 Å². The topological polar surface area (TPSA) is 70.0 Å². The molecule has 1 aliphatic rings. The number of ether oxygens (including phenoxy) is 1. The zero-order valence-corrected chi connectivity index (χ0v) is 21.5. The van der Waals surface area contributed by atoms with Crippen molar-refractivity contribution in [3.05, 3.63) is 68.7 Å². The molecule has 0 saturated carbocycles. The number of carboxylic acids is 1. The Balaban J connectivity index is 1.57. The average molecular weight is 508 g/mol. The van der Waals surface area contributed by atoms with Gasteiger partial charge in [0.25, 0.3) is 0 Å². The molecule has 2 N–H and O–H groups in total. The second kappa shape index (κ2) is 12.9. The van der Waals surface area contributed by atoms with Crippen molar-refractivity contribution in [3.63, 3.8) is 0 Å². The van der Waals surface area contributed by atoms with Gasteiger partial charge in [-0.3, -0.25) is 9.69 Å². The van der Waals surface area contributed by atoms with E-state index in [2.05, 4.69) is 4.90 Å². The number of halogens is 2. The van der Waals surface area contributed by atoms with Crippen molar-refractivity contribution in [2.24, 2.45) is 5.92 Å². The summed E-state index contributed by atoms with van der Waals surface area (Å²) in [6.45, 7) is 6.28. The number of hydrogen-bond donors (Lipinski definition) is 2. The van der Waals surface area contributed by atoms with Crippen LogP contribution in [-0.4, -0.2) is 53.4 Å². The summed E-state index contributed by atoms with van der Waals surface area (Å²) in [5.74, 6) is -0.799. The van der Waals surface area contributed by atoms with Crippen molar-refractivity contribution in [1.29, 1.82) is 0 Å². The Kier molecular flexibility index (Phi) is 10.2. The molecule has 0 radical (unpaired) electrons. The third kappa shape index (κ3) is 7.69. The highest BCUT2D eigenvalue weighted by Crippen LogP contribution is 2.28. The summed E-state index contributed by atoms with van der Waals surface area (Å²) < 4.78 is 6.19. The highest BCUT2D eigenvalue weighted by atomic mass is 35.5. The number of aliphatic hydroxyl groups is 1. The molecule has 5 nitrogen and oxygen atoms in total. The van der Waals surface area contributed by atoms with E-state index >= 15 is 0 Å². The minimum absolute atomic E-state index is 0.00442. The smallest absolute Gasteiger partial charge is 0.303 e. The van der Waals surface area contributed by atoms with E-state index < -0.39 is 5.97 Å². The van der Waals surface area contributed by atoms with Crippen LogP contribution >= 0.6 is 23.2 Å². The molecule has 2 aromatic carbocycles. The maximum Gasteiger partial charge on any atom is 0.303 e. The van der Waals surface area contributed by atoms with E-state index in [1.54, 1.807) is 0 Å². The van der Waals surface area contributed by atoms with Gasteiger partial charge in [0.05, 0.1) is 22.8 Å². The van der Waals surface area contributed by atoms with Gasteiger partial charge < -0.3 is 14.9 Å².